The van der Waals surface area contributed by atoms with Gasteiger partial charge in [0.05, 0.1) is 27.1 Å². The number of rotatable bonds is 14. The predicted molar refractivity (Wildman–Crippen MR) is 179 cm³/mol. The summed E-state index contributed by atoms with van der Waals surface area (Å²) in [7, 11) is 4.47. The molecule has 11 nitrogen and oxygen atoms in total. The third kappa shape index (κ3) is 9.48. The van der Waals surface area contributed by atoms with E-state index in [1.807, 2.05) is 13.0 Å². The van der Waals surface area contributed by atoms with Crippen LogP contribution in [0.1, 0.15) is 22.8 Å². The molecular formula is C31H31N5O6S3. The number of thioether (sulfide) groups is 2. The average Bonchev–Trinajstić information content (AvgIpc) is 3.50. The highest BCUT2D eigenvalue weighted by Crippen LogP contribution is 2.38. The number of carbonyl (C=O) groups excluding carboxylic acids is 3. The molecule has 0 saturated heterocycles. The second-order valence-corrected chi connectivity index (χ2v) is 12.0. The summed E-state index contributed by atoms with van der Waals surface area (Å²) in [6, 6.07) is 18.9. The van der Waals surface area contributed by atoms with E-state index in [4.69, 9.17) is 14.2 Å². The molecule has 234 valence electrons. The fraction of sp³-hybridized carbons (Fsp3) is 0.194. The van der Waals surface area contributed by atoms with Crippen molar-refractivity contribution in [2.75, 3.05) is 43.5 Å². The van der Waals surface area contributed by atoms with Gasteiger partial charge in [0.1, 0.15) is 5.70 Å². The molecule has 4 aromatic rings. The number of nitrogens with zero attached hydrogens (tertiary/aromatic N) is 2. The lowest BCUT2D eigenvalue weighted by atomic mass is 10.1. The lowest BCUT2D eigenvalue weighted by Crippen LogP contribution is -2.30. The maximum atomic E-state index is 13.6. The van der Waals surface area contributed by atoms with Gasteiger partial charge in [-0.2, -0.15) is 9.36 Å². The molecule has 0 spiro atoms. The van der Waals surface area contributed by atoms with Crippen molar-refractivity contribution in [3.8, 4) is 17.2 Å². The zero-order chi connectivity index (χ0) is 32.2. The first kappa shape index (κ1) is 33.4. The van der Waals surface area contributed by atoms with Crippen LogP contribution in [0.25, 0.3) is 6.08 Å². The number of benzene rings is 3. The van der Waals surface area contributed by atoms with Gasteiger partial charge in [-0.05, 0) is 59.9 Å². The molecule has 0 atom stereocenters. The SMILES string of the molecule is CCSc1nsc(NC(=O)CSc2cccc(NC(=O)/C(=C\c3cc(OC)c(OC)c(OC)c3)NC(=O)c3ccccc3)c2)n1. The number of methoxy groups -OCH3 is 3. The predicted octanol–water partition coefficient (Wildman–Crippen LogP) is 5.82. The Bertz CT molecular complexity index is 1650. The highest BCUT2D eigenvalue weighted by atomic mass is 32.2. The molecule has 3 aromatic carbocycles. The van der Waals surface area contributed by atoms with Crippen molar-refractivity contribution in [1.29, 1.82) is 0 Å². The second kappa shape index (κ2) is 16.5. The summed E-state index contributed by atoms with van der Waals surface area (Å²) in [4.78, 5) is 44.2. The number of ether oxygens (including phenoxy) is 3. The van der Waals surface area contributed by atoms with Crippen molar-refractivity contribution in [3.05, 3.63) is 83.6 Å². The molecule has 4 rings (SSSR count). The van der Waals surface area contributed by atoms with Crippen molar-refractivity contribution in [2.45, 2.75) is 17.0 Å². The molecule has 0 aliphatic rings. The Hall–Kier alpha value is -4.53. The van der Waals surface area contributed by atoms with Crippen LogP contribution < -0.4 is 30.2 Å². The number of anilines is 2. The quantitative estimate of drug-likeness (QED) is 0.112. The van der Waals surface area contributed by atoms with Crippen LogP contribution in [0.15, 0.2) is 82.5 Å². The number of carbonyl (C=O) groups is 3. The van der Waals surface area contributed by atoms with Crippen LogP contribution in [0.5, 0.6) is 17.2 Å². The highest BCUT2D eigenvalue weighted by Gasteiger charge is 2.18. The molecule has 14 heteroatoms. The van der Waals surface area contributed by atoms with Gasteiger partial charge in [0, 0.05) is 27.7 Å². The number of amides is 3. The first-order valence-corrected chi connectivity index (χ1v) is 16.3. The Morgan fingerprint density at radius 1 is 0.889 bits per heavy atom. The summed E-state index contributed by atoms with van der Waals surface area (Å²) < 4.78 is 20.5. The van der Waals surface area contributed by atoms with E-state index in [0.29, 0.717) is 44.4 Å². The zero-order valence-corrected chi connectivity index (χ0v) is 27.4. The normalized spacial score (nSPS) is 11.0. The minimum atomic E-state index is -0.565. The Morgan fingerprint density at radius 2 is 1.62 bits per heavy atom. The molecular weight excluding hydrogens is 635 g/mol. The van der Waals surface area contributed by atoms with Crippen LogP contribution in [0.2, 0.25) is 0 Å². The maximum absolute atomic E-state index is 13.6. The van der Waals surface area contributed by atoms with Gasteiger partial charge in [0.2, 0.25) is 21.9 Å². The molecule has 0 unspecified atom stereocenters. The number of nitrogens with one attached hydrogen (secondary N) is 3. The molecule has 0 aliphatic heterocycles. The minimum Gasteiger partial charge on any atom is -0.493 e. The Kier molecular flexibility index (Phi) is 12.2. The molecule has 3 N–H and O–H groups in total. The van der Waals surface area contributed by atoms with Crippen molar-refractivity contribution in [3.63, 3.8) is 0 Å². The van der Waals surface area contributed by atoms with Gasteiger partial charge < -0.3 is 24.8 Å². The van der Waals surface area contributed by atoms with Crippen LogP contribution >= 0.6 is 35.1 Å². The monoisotopic (exact) mass is 665 g/mol. The van der Waals surface area contributed by atoms with Crippen LogP contribution in [-0.2, 0) is 9.59 Å². The van der Waals surface area contributed by atoms with Crippen molar-refractivity contribution < 1.29 is 28.6 Å². The molecule has 0 bridgehead atoms. The van der Waals surface area contributed by atoms with Gasteiger partial charge in [-0.15, -0.1) is 11.8 Å². The molecule has 0 saturated carbocycles. The fourth-order valence-corrected chi connectivity index (χ4v) is 5.95. The van der Waals surface area contributed by atoms with Gasteiger partial charge in [-0.25, -0.2) is 0 Å². The number of hydrogen-bond donors (Lipinski definition) is 3. The molecule has 0 aliphatic carbocycles. The second-order valence-electron chi connectivity index (χ2n) is 8.97. The van der Waals surface area contributed by atoms with E-state index >= 15 is 0 Å². The first-order valence-electron chi connectivity index (χ1n) is 13.5. The Morgan fingerprint density at radius 3 is 2.29 bits per heavy atom. The van der Waals surface area contributed by atoms with Crippen LogP contribution in [-0.4, -0.2) is 59.9 Å². The summed E-state index contributed by atoms with van der Waals surface area (Å²) in [6.45, 7) is 2.00. The lowest BCUT2D eigenvalue weighted by molar-refractivity contribution is -0.114. The van der Waals surface area contributed by atoms with Gasteiger partial charge in [0.25, 0.3) is 11.8 Å². The van der Waals surface area contributed by atoms with Crippen molar-refractivity contribution in [1.82, 2.24) is 14.7 Å². The third-order valence-corrected chi connectivity index (χ3v) is 8.39. The molecule has 1 aromatic heterocycles. The zero-order valence-electron chi connectivity index (χ0n) is 24.9. The summed E-state index contributed by atoms with van der Waals surface area (Å²) in [5.74, 6) is 0.887. The molecule has 0 fully saturated rings. The summed E-state index contributed by atoms with van der Waals surface area (Å²) >= 11 is 3.94. The smallest absolute Gasteiger partial charge is 0.272 e. The summed E-state index contributed by atoms with van der Waals surface area (Å²) in [5.41, 5.74) is 1.36. The third-order valence-electron chi connectivity index (χ3n) is 5.92. The number of hydrogen-bond acceptors (Lipinski definition) is 11. The summed E-state index contributed by atoms with van der Waals surface area (Å²) in [6.07, 6.45) is 1.52. The van der Waals surface area contributed by atoms with Crippen LogP contribution in [0.3, 0.4) is 0 Å². The van der Waals surface area contributed by atoms with Crippen LogP contribution in [0, 0.1) is 0 Å². The van der Waals surface area contributed by atoms with Gasteiger partial charge >= 0.3 is 0 Å². The fourth-order valence-electron chi connectivity index (χ4n) is 3.91. The Balaban J connectivity index is 1.51. The summed E-state index contributed by atoms with van der Waals surface area (Å²) in [5, 5.41) is 9.40. The molecule has 1 heterocycles. The average molecular weight is 666 g/mol. The molecule has 45 heavy (non-hydrogen) atoms. The van der Waals surface area contributed by atoms with E-state index < -0.39 is 11.8 Å². The highest BCUT2D eigenvalue weighted by molar-refractivity contribution is 8.00. The van der Waals surface area contributed by atoms with E-state index in [0.717, 1.165) is 22.2 Å². The Labute approximate surface area is 273 Å². The largest absolute Gasteiger partial charge is 0.493 e. The first-order chi connectivity index (χ1) is 21.8. The van der Waals surface area contributed by atoms with E-state index in [9.17, 15) is 14.4 Å². The standard InChI is InChI=1S/C31H31N5O6S3/c1-5-43-31-35-30(45-36-31)34-26(37)18-44-22-13-9-12-21(17-22)32-29(39)23(33-28(38)20-10-7-6-8-11-20)14-19-15-24(40-2)27(42-4)25(16-19)41-3/h6-17H,5,18H2,1-4H3,(H,32,39)(H,33,38)(H,34,35,36,37)/b23-14+. The number of aromatic nitrogens is 2. The topological polar surface area (TPSA) is 141 Å². The van der Waals surface area contributed by atoms with Gasteiger partial charge in [-0.3, -0.25) is 19.7 Å². The molecule has 0 radical (unpaired) electrons. The minimum absolute atomic E-state index is 0.0202. The van der Waals surface area contributed by atoms with E-state index in [1.165, 1.54) is 50.9 Å². The van der Waals surface area contributed by atoms with Gasteiger partial charge in [0.15, 0.2) is 11.5 Å². The van der Waals surface area contributed by atoms with E-state index in [-0.39, 0.29) is 17.4 Å². The van der Waals surface area contributed by atoms with Crippen molar-refractivity contribution >= 4 is 69.7 Å². The lowest BCUT2D eigenvalue weighted by Gasteiger charge is -2.15. The molecule has 3 amide bonds. The van der Waals surface area contributed by atoms with Crippen molar-refractivity contribution in [2.24, 2.45) is 0 Å². The van der Waals surface area contributed by atoms with Gasteiger partial charge in [-0.1, -0.05) is 43.0 Å². The van der Waals surface area contributed by atoms with E-state index in [1.54, 1.807) is 60.7 Å². The maximum Gasteiger partial charge on any atom is 0.272 e. The van der Waals surface area contributed by atoms with Crippen LogP contribution in [0.4, 0.5) is 10.8 Å². The van der Waals surface area contributed by atoms with E-state index in [2.05, 4.69) is 25.3 Å².